The van der Waals surface area contributed by atoms with Crippen LogP contribution in [0.4, 0.5) is 5.69 Å². The van der Waals surface area contributed by atoms with Crippen LogP contribution in [0.3, 0.4) is 0 Å². The van der Waals surface area contributed by atoms with Gasteiger partial charge in [0.1, 0.15) is 5.75 Å². The largest absolute Gasteiger partial charge is 0.497 e. The molecule has 3 heteroatoms. The van der Waals surface area contributed by atoms with Crippen LogP contribution in [0.1, 0.15) is 19.3 Å². The molecule has 1 aliphatic heterocycles. The van der Waals surface area contributed by atoms with Crippen LogP contribution in [0.25, 0.3) is 0 Å². The molecule has 2 rings (SSSR count). The zero-order valence-electron chi connectivity index (χ0n) is 10.2. The summed E-state index contributed by atoms with van der Waals surface area (Å²) in [5, 5.41) is 8.76. The Labute approximate surface area is 103 Å². The first-order valence-corrected chi connectivity index (χ1v) is 6.09. The molecule has 0 bridgehead atoms. The number of nitriles is 1. The minimum absolute atomic E-state index is 0.524. The monoisotopic (exact) mass is 230 g/mol. The van der Waals surface area contributed by atoms with Crippen LogP contribution in [0.15, 0.2) is 24.3 Å². The zero-order valence-corrected chi connectivity index (χ0v) is 10.2. The van der Waals surface area contributed by atoms with Crippen LogP contribution in [-0.4, -0.2) is 20.2 Å². The van der Waals surface area contributed by atoms with E-state index in [4.69, 9.17) is 10.00 Å². The average molecular weight is 230 g/mol. The molecule has 1 aromatic carbocycles. The van der Waals surface area contributed by atoms with E-state index in [0.29, 0.717) is 12.3 Å². The molecule has 1 heterocycles. The third kappa shape index (κ3) is 2.91. The molecule has 0 radical (unpaired) electrons. The van der Waals surface area contributed by atoms with Crippen LogP contribution in [0, 0.1) is 17.2 Å². The highest BCUT2D eigenvalue weighted by molar-refractivity contribution is 5.49. The summed E-state index contributed by atoms with van der Waals surface area (Å²) in [4.78, 5) is 2.37. The molecule has 0 spiro atoms. The van der Waals surface area contributed by atoms with E-state index in [1.807, 2.05) is 12.1 Å². The summed E-state index contributed by atoms with van der Waals surface area (Å²) in [7, 11) is 1.68. The molecule has 1 fully saturated rings. The maximum absolute atomic E-state index is 8.76. The van der Waals surface area contributed by atoms with E-state index in [9.17, 15) is 0 Å². The van der Waals surface area contributed by atoms with E-state index in [1.54, 1.807) is 7.11 Å². The first kappa shape index (κ1) is 11.8. The maximum atomic E-state index is 8.76. The average Bonchev–Trinajstić information content (AvgIpc) is 2.40. The van der Waals surface area contributed by atoms with E-state index >= 15 is 0 Å². The van der Waals surface area contributed by atoms with E-state index in [1.165, 1.54) is 18.5 Å². The summed E-state index contributed by atoms with van der Waals surface area (Å²) < 4.78 is 5.15. The summed E-state index contributed by atoms with van der Waals surface area (Å²) >= 11 is 0. The molecule has 1 unspecified atom stereocenters. The molecule has 0 N–H and O–H groups in total. The molecule has 3 nitrogen and oxygen atoms in total. The number of ether oxygens (including phenoxy) is 1. The molecule has 17 heavy (non-hydrogen) atoms. The van der Waals surface area contributed by atoms with Crippen molar-refractivity contribution in [2.24, 2.45) is 5.92 Å². The van der Waals surface area contributed by atoms with Crippen molar-refractivity contribution in [1.29, 1.82) is 5.26 Å². The van der Waals surface area contributed by atoms with Gasteiger partial charge in [-0.15, -0.1) is 0 Å². The number of methoxy groups -OCH3 is 1. The van der Waals surface area contributed by atoms with Crippen LogP contribution >= 0.6 is 0 Å². The topological polar surface area (TPSA) is 36.3 Å². The van der Waals surface area contributed by atoms with Gasteiger partial charge in [-0.2, -0.15) is 5.26 Å². The second-order valence-corrected chi connectivity index (χ2v) is 4.51. The van der Waals surface area contributed by atoms with Crippen molar-refractivity contribution in [3.63, 3.8) is 0 Å². The Bertz CT molecular complexity index is 394. The van der Waals surface area contributed by atoms with Crippen molar-refractivity contribution < 1.29 is 4.74 Å². The standard InChI is InChI=1S/C14H18N2O/c1-17-14-6-4-13(5-7-14)16-10-2-3-12(11-16)8-9-15/h4-7,12H,2-3,8,10-11H2,1H3. The first-order valence-electron chi connectivity index (χ1n) is 6.09. The molecule has 0 saturated carbocycles. The van der Waals surface area contributed by atoms with Gasteiger partial charge in [0, 0.05) is 25.2 Å². The number of nitrogens with zero attached hydrogens (tertiary/aromatic N) is 2. The van der Waals surface area contributed by atoms with E-state index in [2.05, 4.69) is 23.1 Å². The second kappa shape index (κ2) is 5.58. The third-order valence-electron chi connectivity index (χ3n) is 3.34. The van der Waals surface area contributed by atoms with Gasteiger partial charge in [0.25, 0.3) is 0 Å². The quantitative estimate of drug-likeness (QED) is 0.801. The smallest absolute Gasteiger partial charge is 0.119 e. The van der Waals surface area contributed by atoms with Crippen molar-refractivity contribution in [2.75, 3.05) is 25.1 Å². The highest BCUT2D eigenvalue weighted by Gasteiger charge is 2.19. The predicted octanol–water partition coefficient (Wildman–Crippen LogP) is 2.83. The fourth-order valence-corrected chi connectivity index (χ4v) is 2.39. The molecular weight excluding hydrogens is 212 g/mol. The lowest BCUT2D eigenvalue weighted by Gasteiger charge is -2.33. The fraction of sp³-hybridized carbons (Fsp3) is 0.500. The van der Waals surface area contributed by atoms with Gasteiger partial charge in [-0.05, 0) is 43.0 Å². The number of anilines is 1. The van der Waals surface area contributed by atoms with E-state index in [-0.39, 0.29) is 0 Å². The van der Waals surface area contributed by atoms with Crippen molar-refractivity contribution >= 4 is 5.69 Å². The van der Waals surface area contributed by atoms with Gasteiger partial charge >= 0.3 is 0 Å². The van der Waals surface area contributed by atoms with Gasteiger partial charge in [-0.3, -0.25) is 0 Å². The number of hydrogen-bond donors (Lipinski definition) is 0. The van der Waals surface area contributed by atoms with Crippen molar-refractivity contribution in [3.05, 3.63) is 24.3 Å². The third-order valence-corrected chi connectivity index (χ3v) is 3.34. The van der Waals surface area contributed by atoms with Crippen LogP contribution in [0.5, 0.6) is 5.75 Å². The Morgan fingerprint density at radius 1 is 1.41 bits per heavy atom. The Hall–Kier alpha value is -1.69. The number of piperidine rings is 1. The molecule has 1 saturated heterocycles. The lowest BCUT2D eigenvalue weighted by Crippen LogP contribution is -2.35. The second-order valence-electron chi connectivity index (χ2n) is 4.51. The molecule has 0 aromatic heterocycles. The molecule has 1 aliphatic rings. The lowest BCUT2D eigenvalue weighted by atomic mass is 9.95. The Morgan fingerprint density at radius 2 is 2.18 bits per heavy atom. The van der Waals surface area contributed by atoms with E-state index < -0.39 is 0 Å². The highest BCUT2D eigenvalue weighted by Crippen LogP contribution is 2.26. The summed E-state index contributed by atoms with van der Waals surface area (Å²) in [5.41, 5.74) is 1.23. The fourth-order valence-electron chi connectivity index (χ4n) is 2.39. The number of hydrogen-bond acceptors (Lipinski definition) is 3. The maximum Gasteiger partial charge on any atom is 0.119 e. The van der Waals surface area contributed by atoms with Crippen LogP contribution in [-0.2, 0) is 0 Å². The Kier molecular flexibility index (Phi) is 3.87. The van der Waals surface area contributed by atoms with Gasteiger partial charge in [0.15, 0.2) is 0 Å². The van der Waals surface area contributed by atoms with Gasteiger partial charge in [-0.25, -0.2) is 0 Å². The van der Waals surface area contributed by atoms with Crippen molar-refractivity contribution in [1.82, 2.24) is 0 Å². The van der Waals surface area contributed by atoms with Crippen LogP contribution < -0.4 is 9.64 Å². The van der Waals surface area contributed by atoms with Gasteiger partial charge in [-0.1, -0.05) is 0 Å². The Balaban J connectivity index is 2.03. The summed E-state index contributed by atoms with van der Waals surface area (Å²) in [6.45, 7) is 2.09. The summed E-state index contributed by atoms with van der Waals surface area (Å²) in [6.07, 6.45) is 3.03. The minimum Gasteiger partial charge on any atom is -0.497 e. The van der Waals surface area contributed by atoms with Crippen LogP contribution in [0.2, 0.25) is 0 Å². The summed E-state index contributed by atoms with van der Waals surface area (Å²) in [5.74, 6) is 1.41. The predicted molar refractivity (Wildman–Crippen MR) is 68.2 cm³/mol. The highest BCUT2D eigenvalue weighted by atomic mass is 16.5. The zero-order chi connectivity index (χ0) is 12.1. The SMILES string of the molecule is COc1ccc(N2CCCC(CC#N)C2)cc1. The van der Waals surface area contributed by atoms with Crippen molar-refractivity contribution in [2.45, 2.75) is 19.3 Å². The molecule has 1 aromatic rings. The number of benzene rings is 1. The Morgan fingerprint density at radius 3 is 2.82 bits per heavy atom. The molecule has 1 atom stereocenters. The summed E-state index contributed by atoms with van der Waals surface area (Å²) in [6, 6.07) is 10.4. The first-order chi connectivity index (χ1) is 8.33. The minimum atomic E-state index is 0.524. The van der Waals surface area contributed by atoms with Crippen molar-refractivity contribution in [3.8, 4) is 11.8 Å². The molecule has 0 aliphatic carbocycles. The molecular formula is C14H18N2O. The lowest BCUT2D eigenvalue weighted by molar-refractivity contribution is 0.413. The molecule has 90 valence electrons. The number of rotatable bonds is 3. The normalized spacial score (nSPS) is 19.8. The van der Waals surface area contributed by atoms with E-state index in [0.717, 1.165) is 18.8 Å². The van der Waals surface area contributed by atoms with Gasteiger partial charge < -0.3 is 9.64 Å². The van der Waals surface area contributed by atoms with Gasteiger partial charge in [0.05, 0.1) is 13.2 Å². The van der Waals surface area contributed by atoms with Gasteiger partial charge in [0.2, 0.25) is 0 Å². The molecule has 0 amide bonds.